The van der Waals surface area contributed by atoms with E-state index in [-0.39, 0.29) is 0 Å². The number of hydrogen-bond acceptors (Lipinski definition) is 5. The van der Waals surface area contributed by atoms with Crippen LogP contribution in [-0.2, 0) is 0 Å². The fourth-order valence-electron chi connectivity index (χ4n) is 4.48. The molecule has 0 atom stereocenters. The molecule has 0 radical (unpaired) electrons. The molecule has 2 aliphatic rings. The van der Waals surface area contributed by atoms with Gasteiger partial charge in [0.25, 0.3) is 0 Å². The summed E-state index contributed by atoms with van der Waals surface area (Å²) in [7, 11) is 0. The van der Waals surface area contributed by atoms with Gasteiger partial charge in [0, 0.05) is 50.3 Å². The van der Waals surface area contributed by atoms with E-state index in [0.717, 1.165) is 30.5 Å². The highest BCUT2D eigenvalue weighted by molar-refractivity contribution is 5.46. The van der Waals surface area contributed by atoms with Crippen molar-refractivity contribution in [2.24, 2.45) is 5.92 Å². The molecule has 2 heterocycles. The lowest BCUT2D eigenvalue weighted by Crippen LogP contribution is -2.47. The molecular formula is C23H33N5. The van der Waals surface area contributed by atoms with Crippen LogP contribution in [0.3, 0.4) is 0 Å². The molecule has 1 aliphatic carbocycles. The maximum absolute atomic E-state index is 4.38. The average Bonchev–Trinajstić information content (AvgIpc) is 2.76. The average molecular weight is 380 g/mol. The van der Waals surface area contributed by atoms with Crippen LogP contribution in [0.1, 0.15) is 37.7 Å². The molecule has 5 heteroatoms. The second-order valence-corrected chi connectivity index (χ2v) is 8.40. The zero-order valence-corrected chi connectivity index (χ0v) is 17.1. The normalized spacial score (nSPS) is 23.5. The largest absolute Gasteiger partial charge is 0.369 e. The number of hydrogen-bond donors (Lipinski definition) is 1. The van der Waals surface area contributed by atoms with Crippen molar-refractivity contribution >= 4 is 11.6 Å². The number of aromatic nitrogens is 2. The molecule has 2 fully saturated rings. The van der Waals surface area contributed by atoms with Crippen LogP contribution in [0.25, 0.3) is 0 Å². The van der Waals surface area contributed by atoms with E-state index in [1.54, 1.807) is 0 Å². The van der Waals surface area contributed by atoms with Crippen molar-refractivity contribution in [2.45, 2.75) is 45.1 Å². The fraction of sp³-hybridized carbons (Fsp3) is 0.565. The van der Waals surface area contributed by atoms with Crippen molar-refractivity contribution in [3.63, 3.8) is 0 Å². The first kappa shape index (κ1) is 19.2. The van der Waals surface area contributed by atoms with Gasteiger partial charge in [-0.25, -0.2) is 9.97 Å². The van der Waals surface area contributed by atoms with E-state index in [9.17, 15) is 0 Å². The molecule has 0 unspecified atom stereocenters. The molecule has 0 bridgehead atoms. The van der Waals surface area contributed by atoms with Crippen LogP contribution >= 0.6 is 0 Å². The third kappa shape index (κ3) is 5.22. The highest BCUT2D eigenvalue weighted by Gasteiger charge is 2.23. The summed E-state index contributed by atoms with van der Waals surface area (Å²) in [5, 5.41) is 3.52. The molecule has 5 nitrogen and oxygen atoms in total. The van der Waals surface area contributed by atoms with Gasteiger partial charge < -0.3 is 10.2 Å². The Hall–Kier alpha value is -2.14. The van der Waals surface area contributed by atoms with E-state index in [1.165, 1.54) is 57.4 Å². The summed E-state index contributed by atoms with van der Waals surface area (Å²) in [6.07, 6.45) is 10.3. The summed E-state index contributed by atoms with van der Waals surface area (Å²) in [5.74, 6) is 1.66. The predicted molar refractivity (Wildman–Crippen MR) is 116 cm³/mol. The first-order valence-corrected chi connectivity index (χ1v) is 10.8. The molecule has 2 aromatic rings. The van der Waals surface area contributed by atoms with E-state index in [4.69, 9.17) is 0 Å². The van der Waals surface area contributed by atoms with E-state index in [2.05, 4.69) is 55.4 Å². The molecule has 150 valence electrons. The number of anilines is 2. The summed E-state index contributed by atoms with van der Waals surface area (Å²) in [6.45, 7) is 7.96. The van der Waals surface area contributed by atoms with Gasteiger partial charge in [-0.15, -0.1) is 0 Å². The molecule has 1 N–H and O–H groups in total. The first-order valence-electron chi connectivity index (χ1n) is 10.8. The van der Waals surface area contributed by atoms with Crippen LogP contribution in [0.4, 0.5) is 11.6 Å². The van der Waals surface area contributed by atoms with Gasteiger partial charge in [-0.3, -0.25) is 4.90 Å². The van der Waals surface area contributed by atoms with Gasteiger partial charge in [0.1, 0.15) is 0 Å². The fourth-order valence-corrected chi connectivity index (χ4v) is 4.48. The Morgan fingerprint density at radius 3 is 2.29 bits per heavy atom. The van der Waals surface area contributed by atoms with Crippen molar-refractivity contribution in [3.8, 4) is 0 Å². The highest BCUT2D eigenvalue weighted by atomic mass is 15.3. The Kier molecular flexibility index (Phi) is 6.42. The van der Waals surface area contributed by atoms with Gasteiger partial charge in [0.2, 0.25) is 5.95 Å². The second kappa shape index (κ2) is 9.37. The third-order valence-corrected chi connectivity index (χ3v) is 6.31. The van der Waals surface area contributed by atoms with Gasteiger partial charge in [0.05, 0.1) is 0 Å². The van der Waals surface area contributed by atoms with Gasteiger partial charge >= 0.3 is 0 Å². The molecule has 1 saturated carbocycles. The smallest absolute Gasteiger partial charge is 0.222 e. The molecule has 1 aromatic heterocycles. The second-order valence-electron chi connectivity index (χ2n) is 8.40. The maximum Gasteiger partial charge on any atom is 0.222 e. The van der Waals surface area contributed by atoms with E-state index in [1.807, 2.05) is 19.3 Å². The number of rotatable bonds is 6. The van der Waals surface area contributed by atoms with Crippen molar-refractivity contribution in [1.82, 2.24) is 14.9 Å². The predicted octanol–water partition coefficient (Wildman–Crippen LogP) is 3.97. The van der Waals surface area contributed by atoms with Crippen LogP contribution in [-0.4, -0.2) is 53.6 Å². The number of benzene rings is 1. The van der Waals surface area contributed by atoms with Crippen LogP contribution in [0.5, 0.6) is 0 Å². The van der Waals surface area contributed by atoms with Crippen molar-refractivity contribution in [1.29, 1.82) is 0 Å². The molecule has 4 rings (SSSR count). The Morgan fingerprint density at radius 1 is 0.929 bits per heavy atom. The summed E-state index contributed by atoms with van der Waals surface area (Å²) < 4.78 is 0. The van der Waals surface area contributed by atoms with Crippen LogP contribution < -0.4 is 10.2 Å². The van der Waals surface area contributed by atoms with Gasteiger partial charge in [-0.1, -0.05) is 18.2 Å². The van der Waals surface area contributed by atoms with Crippen molar-refractivity contribution < 1.29 is 0 Å². The van der Waals surface area contributed by atoms with Gasteiger partial charge in [-0.2, -0.15) is 0 Å². The minimum Gasteiger partial charge on any atom is -0.369 e. The van der Waals surface area contributed by atoms with E-state index in [0.29, 0.717) is 6.04 Å². The maximum atomic E-state index is 4.38. The number of nitrogens with one attached hydrogen (secondary N) is 1. The lowest BCUT2D eigenvalue weighted by Gasteiger charge is -2.37. The molecule has 0 amide bonds. The molecule has 1 aromatic carbocycles. The minimum absolute atomic E-state index is 0.536. The van der Waals surface area contributed by atoms with Crippen LogP contribution in [0.15, 0.2) is 42.7 Å². The van der Waals surface area contributed by atoms with Crippen molar-refractivity contribution in [3.05, 3.63) is 48.3 Å². The Bertz CT molecular complexity index is 702. The zero-order chi connectivity index (χ0) is 19.2. The molecule has 1 aliphatic heterocycles. The molecular weight excluding hydrogens is 346 g/mol. The monoisotopic (exact) mass is 379 g/mol. The van der Waals surface area contributed by atoms with E-state index < -0.39 is 0 Å². The van der Waals surface area contributed by atoms with E-state index >= 15 is 0 Å². The third-order valence-electron chi connectivity index (χ3n) is 6.31. The van der Waals surface area contributed by atoms with Crippen LogP contribution in [0, 0.1) is 12.8 Å². The summed E-state index contributed by atoms with van der Waals surface area (Å²) in [6, 6.07) is 11.4. The highest BCUT2D eigenvalue weighted by Crippen LogP contribution is 2.28. The Morgan fingerprint density at radius 2 is 1.61 bits per heavy atom. The number of piperazine rings is 1. The van der Waals surface area contributed by atoms with Crippen molar-refractivity contribution in [2.75, 3.05) is 42.9 Å². The SMILES string of the molecule is Cc1cnc(NC2CCC(CCN3CCN(c4ccccc4)CC3)CC2)nc1. The number of nitrogens with zero attached hydrogens (tertiary/aromatic N) is 4. The molecule has 0 spiro atoms. The topological polar surface area (TPSA) is 44.3 Å². The first-order chi connectivity index (χ1) is 13.8. The lowest BCUT2D eigenvalue weighted by molar-refractivity contribution is 0.218. The zero-order valence-electron chi connectivity index (χ0n) is 17.1. The number of para-hydroxylation sites is 1. The van der Waals surface area contributed by atoms with Crippen LogP contribution in [0.2, 0.25) is 0 Å². The molecule has 28 heavy (non-hydrogen) atoms. The summed E-state index contributed by atoms with van der Waals surface area (Å²) in [4.78, 5) is 13.9. The van der Waals surface area contributed by atoms with Gasteiger partial charge in [-0.05, 0) is 69.2 Å². The standard InChI is InChI=1S/C23H33N5/c1-19-17-24-23(25-18-19)26-21-9-7-20(8-10-21)11-12-27-13-15-28(16-14-27)22-5-3-2-4-6-22/h2-6,17-18,20-21H,7-16H2,1H3,(H,24,25,26). The minimum atomic E-state index is 0.536. The Labute approximate surface area is 169 Å². The Balaban J connectivity index is 1.14. The molecule has 1 saturated heterocycles. The number of aryl methyl sites for hydroxylation is 1. The lowest BCUT2D eigenvalue weighted by atomic mass is 9.84. The summed E-state index contributed by atoms with van der Waals surface area (Å²) in [5.41, 5.74) is 2.48. The quantitative estimate of drug-likeness (QED) is 0.823. The summed E-state index contributed by atoms with van der Waals surface area (Å²) >= 11 is 0. The van der Waals surface area contributed by atoms with Gasteiger partial charge in [0.15, 0.2) is 0 Å².